The van der Waals surface area contributed by atoms with Crippen molar-refractivity contribution in [2.45, 2.75) is 0 Å². The largest absolute Gasteiger partial charge is 0.322 e. The van der Waals surface area contributed by atoms with Crippen LogP contribution in [-0.2, 0) is 0 Å². The Hall–Kier alpha value is -2.37. The first-order chi connectivity index (χ1) is 11.0. The van der Waals surface area contributed by atoms with Gasteiger partial charge in [0.05, 0.1) is 22.5 Å². The summed E-state index contributed by atoms with van der Waals surface area (Å²) in [4.78, 5) is 12.2. The molecule has 1 N–H and O–H groups in total. The molecule has 1 heterocycles. The maximum absolute atomic E-state index is 13.1. The van der Waals surface area contributed by atoms with E-state index in [0.29, 0.717) is 16.3 Å². The van der Waals surface area contributed by atoms with Gasteiger partial charge in [-0.2, -0.15) is 5.10 Å². The Balaban J connectivity index is 1.78. The summed E-state index contributed by atoms with van der Waals surface area (Å²) in [5.74, 6) is -0.909. The van der Waals surface area contributed by atoms with Crippen molar-refractivity contribution < 1.29 is 9.18 Å². The first-order valence-electron chi connectivity index (χ1n) is 6.60. The Bertz CT molecular complexity index is 862. The zero-order chi connectivity index (χ0) is 16.4. The quantitative estimate of drug-likeness (QED) is 0.752. The summed E-state index contributed by atoms with van der Waals surface area (Å²) in [5.41, 5.74) is 1.54. The average molecular weight is 350 g/mol. The number of anilines is 1. The number of rotatable bonds is 3. The van der Waals surface area contributed by atoms with Crippen LogP contribution in [0.4, 0.5) is 10.1 Å². The molecule has 0 aliphatic rings. The maximum Gasteiger partial charge on any atom is 0.258 e. The standard InChI is InChI=1S/C16H10Cl2FN3O/c17-11-1-4-13(5-2-11)22-9-10(8-20-22)16(23)21-12-3-6-15(19)14(18)7-12/h1-9H,(H,21,23). The van der Waals surface area contributed by atoms with E-state index in [2.05, 4.69) is 10.4 Å². The van der Waals surface area contributed by atoms with E-state index in [-0.39, 0.29) is 10.9 Å². The smallest absolute Gasteiger partial charge is 0.258 e. The minimum Gasteiger partial charge on any atom is -0.322 e. The van der Waals surface area contributed by atoms with E-state index in [1.807, 2.05) is 0 Å². The van der Waals surface area contributed by atoms with Gasteiger partial charge in [-0.1, -0.05) is 23.2 Å². The second-order valence-electron chi connectivity index (χ2n) is 4.73. The Morgan fingerprint density at radius 3 is 2.57 bits per heavy atom. The molecule has 23 heavy (non-hydrogen) atoms. The van der Waals surface area contributed by atoms with Gasteiger partial charge in [0.25, 0.3) is 5.91 Å². The second-order valence-corrected chi connectivity index (χ2v) is 5.58. The Morgan fingerprint density at radius 2 is 1.87 bits per heavy atom. The Morgan fingerprint density at radius 1 is 1.13 bits per heavy atom. The molecule has 0 radical (unpaired) electrons. The first kappa shape index (κ1) is 15.5. The molecule has 1 aromatic heterocycles. The number of carbonyl (C=O) groups excluding carboxylic acids is 1. The molecule has 2 aromatic carbocycles. The number of carbonyl (C=O) groups is 1. The van der Waals surface area contributed by atoms with Gasteiger partial charge in [0, 0.05) is 16.9 Å². The lowest BCUT2D eigenvalue weighted by atomic mass is 10.2. The summed E-state index contributed by atoms with van der Waals surface area (Å²) in [6.45, 7) is 0. The lowest BCUT2D eigenvalue weighted by Gasteiger charge is -2.04. The molecule has 0 fully saturated rings. The van der Waals surface area contributed by atoms with Crippen molar-refractivity contribution in [2.24, 2.45) is 0 Å². The van der Waals surface area contributed by atoms with Crippen LogP contribution in [0.2, 0.25) is 10.0 Å². The van der Waals surface area contributed by atoms with Crippen molar-refractivity contribution >= 4 is 34.8 Å². The van der Waals surface area contributed by atoms with Gasteiger partial charge in [-0.15, -0.1) is 0 Å². The molecule has 3 aromatic rings. The van der Waals surface area contributed by atoms with Crippen LogP contribution in [0.25, 0.3) is 5.69 Å². The van der Waals surface area contributed by atoms with Crippen molar-refractivity contribution in [3.05, 3.63) is 76.3 Å². The fourth-order valence-corrected chi connectivity index (χ4v) is 2.26. The van der Waals surface area contributed by atoms with Crippen LogP contribution >= 0.6 is 23.2 Å². The third-order valence-electron chi connectivity index (χ3n) is 3.11. The minimum atomic E-state index is -0.541. The van der Waals surface area contributed by atoms with Gasteiger partial charge in [-0.3, -0.25) is 4.79 Å². The molecule has 4 nitrogen and oxygen atoms in total. The normalized spacial score (nSPS) is 10.6. The third-order valence-corrected chi connectivity index (χ3v) is 3.66. The van der Waals surface area contributed by atoms with Crippen molar-refractivity contribution in [3.8, 4) is 5.69 Å². The van der Waals surface area contributed by atoms with Crippen molar-refractivity contribution in [1.29, 1.82) is 0 Å². The molecule has 0 aliphatic carbocycles. The van der Waals surface area contributed by atoms with Gasteiger partial charge in [0.2, 0.25) is 0 Å². The Labute approximate surface area is 141 Å². The monoisotopic (exact) mass is 349 g/mol. The summed E-state index contributed by atoms with van der Waals surface area (Å²) in [6.07, 6.45) is 3.03. The Kier molecular flexibility index (Phi) is 4.32. The van der Waals surface area contributed by atoms with Crippen LogP contribution in [0.1, 0.15) is 10.4 Å². The van der Waals surface area contributed by atoms with Crippen LogP contribution in [0.15, 0.2) is 54.9 Å². The number of halogens is 3. The van der Waals surface area contributed by atoms with E-state index in [0.717, 1.165) is 5.69 Å². The predicted molar refractivity (Wildman–Crippen MR) is 87.9 cm³/mol. The fraction of sp³-hybridized carbons (Fsp3) is 0. The number of aromatic nitrogens is 2. The molecule has 0 spiro atoms. The van der Waals surface area contributed by atoms with Gasteiger partial charge in [0.15, 0.2) is 0 Å². The maximum atomic E-state index is 13.1. The van der Waals surface area contributed by atoms with Crippen molar-refractivity contribution in [2.75, 3.05) is 5.32 Å². The highest BCUT2D eigenvalue weighted by Gasteiger charge is 2.11. The van der Waals surface area contributed by atoms with Gasteiger partial charge < -0.3 is 5.32 Å². The van der Waals surface area contributed by atoms with E-state index in [1.165, 1.54) is 24.4 Å². The molecule has 0 saturated heterocycles. The number of benzene rings is 2. The summed E-state index contributed by atoms with van der Waals surface area (Å²) < 4.78 is 14.7. The van der Waals surface area contributed by atoms with E-state index >= 15 is 0 Å². The molecule has 0 saturated carbocycles. The highest BCUT2D eigenvalue weighted by atomic mass is 35.5. The van der Waals surface area contributed by atoms with E-state index in [4.69, 9.17) is 23.2 Å². The van der Waals surface area contributed by atoms with Crippen LogP contribution in [0.3, 0.4) is 0 Å². The topological polar surface area (TPSA) is 46.9 Å². The van der Waals surface area contributed by atoms with Crippen LogP contribution < -0.4 is 5.32 Å². The summed E-state index contributed by atoms with van der Waals surface area (Å²) in [6, 6.07) is 11.0. The second kappa shape index (κ2) is 6.40. The van der Waals surface area contributed by atoms with Gasteiger partial charge >= 0.3 is 0 Å². The molecule has 0 unspecified atom stereocenters. The van der Waals surface area contributed by atoms with Crippen molar-refractivity contribution in [1.82, 2.24) is 9.78 Å². The van der Waals surface area contributed by atoms with E-state index in [1.54, 1.807) is 35.1 Å². The van der Waals surface area contributed by atoms with E-state index in [9.17, 15) is 9.18 Å². The molecule has 7 heteroatoms. The van der Waals surface area contributed by atoms with Gasteiger partial charge in [0.1, 0.15) is 5.82 Å². The van der Waals surface area contributed by atoms with Gasteiger partial charge in [-0.25, -0.2) is 9.07 Å². The lowest BCUT2D eigenvalue weighted by molar-refractivity contribution is 0.102. The number of nitrogens with zero attached hydrogens (tertiary/aromatic N) is 2. The van der Waals surface area contributed by atoms with Crippen LogP contribution in [0, 0.1) is 5.82 Å². The predicted octanol–water partition coefficient (Wildman–Crippen LogP) is 4.57. The number of amides is 1. The minimum absolute atomic E-state index is 0.0559. The molecular formula is C16H10Cl2FN3O. The molecule has 0 atom stereocenters. The molecule has 0 bridgehead atoms. The number of nitrogens with one attached hydrogen (secondary N) is 1. The lowest BCUT2D eigenvalue weighted by Crippen LogP contribution is -2.11. The first-order valence-corrected chi connectivity index (χ1v) is 7.35. The van der Waals surface area contributed by atoms with Gasteiger partial charge in [-0.05, 0) is 42.5 Å². The molecule has 3 rings (SSSR count). The zero-order valence-corrected chi connectivity index (χ0v) is 13.1. The third kappa shape index (κ3) is 3.52. The zero-order valence-electron chi connectivity index (χ0n) is 11.6. The summed E-state index contributed by atoms with van der Waals surface area (Å²) in [7, 11) is 0. The fourth-order valence-electron chi connectivity index (χ4n) is 1.95. The molecule has 0 aliphatic heterocycles. The van der Waals surface area contributed by atoms with Crippen molar-refractivity contribution in [3.63, 3.8) is 0 Å². The average Bonchev–Trinajstić information content (AvgIpc) is 3.02. The molecule has 116 valence electrons. The summed E-state index contributed by atoms with van der Waals surface area (Å²) >= 11 is 11.5. The highest BCUT2D eigenvalue weighted by Crippen LogP contribution is 2.20. The van der Waals surface area contributed by atoms with E-state index < -0.39 is 5.82 Å². The number of hydrogen-bond acceptors (Lipinski definition) is 2. The highest BCUT2D eigenvalue weighted by molar-refractivity contribution is 6.31. The number of hydrogen-bond donors (Lipinski definition) is 1. The molecule has 1 amide bonds. The SMILES string of the molecule is O=C(Nc1ccc(F)c(Cl)c1)c1cnn(-c2ccc(Cl)cc2)c1. The molecular weight excluding hydrogens is 340 g/mol. The van der Waals surface area contributed by atoms with Crippen LogP contribution in [-0.4, -0.2) is 15.7 Å². The van der Waals surface area contributed by atoms with Crippen LogP contribution in [0.5, 0.6) is 0 Å². The summed E-state index contributed by atoms with van der Waals surface area (Å²) in [5, 5.41) is 7.33.